The quantitative estimate of drug-likeness (QED) is 0.597. The molecule has 98 valence electrons. The van der Waals surface area contributed by atoms with Gasteiger partial charge in [0.15, 0.2) is 0 Å². The number of halogens is 1. The molecule has 0 heterocycles. The van der Waals surface area contributed by atoms with Crippen LogP contribution in [0.5, 0.6) is 0 Å². The van der Waals surface area contributed by atoms with Crippen molar-refractivity contribution in [3.05, 3.63) is 28.8 Å². The first kappa shape index (κ1) is 13.6. The van der Waals surface area contributed by atoms with E-state index < -0.39 is 0 Å². The van der Waals surface area contributed by atoms with Crippen molar-refractivity contribution in [2.75, 3.05) is 25.1 Å². The van der Waals surface area contributed by atoms with E-state index in [4.69, 9.17) is 34.3 Å². The van der Waals surface area contributed by atoms with Crippen LogP contribution in [0, 0.1) is 5.92 Å². The van der Waals surface area contributed by atoms with Gasteiger partial charge in [0, 0.05) is 29.4 Å². The lowest BCUT2D eigenvalue weighted by Gasteiger charge is -2.11. The first-order valence-electron chi connectivity index (χ1n) is 6.08. The molecule has 2 rings (SSSR count). The molecule has 0 saturated heterocycles. The molecule has 0 atom stereocenters. The zero-order valence-electron chi connectivity index (χ0n) is 10.1. The summed E-state index contributed by atoms with van der Waals surface area (Å²) in [5, 5.41) is 3.92. The molecule has 18 heavy (non-hydrogen) atoms. The van der Waals surface area contributed by atoms with Crippen LogP contribution >= 0.6 is 23.8 Å². The van der Waals surface area contributed by atoms with Crippen molar-refractivity contribution in [3.8, 4) is 0 Å². The number of ether oxygens (including phenoxy) is 1. The van der Waals surface area contributed by atoms with E-state index in [-0.39, 0.29) is 0 Å². The van der Waals surface area contributed by atoms with Gasteiger partial charge in [0.1, 0.15) is 4.99 Å². The predicted octanol–water partition coefficient (Wildman–Crippen LogP) is 2.81. The molecule has 0 spiro atoms. The van der Waals surface area contributed by atoms with Crippen LogP contribution in [0.25, 0.3) is 0 Å². The van der Waals surface area contributed by atoms with Gasteiger partial charge in [-0.15, -0.1) is 0 Å². The van der Waals surface area contributed by atoms with Crippen molar-refractivity contribution in [3.63, 3.8) is 0 Å². The Morgan fingerprint density at radius 3 is 2.94 bits per heavy atom. The van der Waals surface area contributed by atoms with Crippen LogP contribution in [-0.2, 0) is 4.74 Å². The van der Waals surface area contributed by atoms with Crippen molar-refractivity contribution in [1.82, 2.24) is 0 Å². The minimum atomic E-state index is 0.369. The average Bonchev–Trinajstić information content (AvgIpc) is 3.12. The highest BCUT2D eigenvalue weighted by Crippen LogP contribution is 2.28. The highest BCUT2D eigenvalue weighted by atomic mass is 35.5. The normalized spacial score (nSPS) is 14.5. The summed E-state index contributed by atoms with van der Waals surface area (Å²) in [6, 6.07) is 5.44. The zero-order chi connectivity index (χ0) is 13.0. The van der Waals surface area contributed by atoms with Gasteiger partial charge in [-0.2, -0.15) is 0 Å². The summed E-state index contributed by atoms with van der Waals surface area (Å²) in [5.74, 6) is 0.795. The Kier molecular flexibility index (Phi) is 4.80. The fourth-order valence-electron chi connectivity index (χ4n) is 1.67. The topological polar surface area (TPSA) is 47.3 Å². The molecule has 1 aliphatic rings. The minimum absolute atomic E-state index is 0.369. The summed E-state index contributed by atoms with van der Waals surface area (Å²) in [7, 11) is 0. The third-order valence-corrected chi connectivity index (χ3v) is 3.31. The van der Waals surface area contributed by atoms with Gasteiger partial charge in [-0.1, -0.05) is 23.8 Å². The maximum Gasteiger partial charge on any atom is 0.106 e. The standard InChI is InChI=1S/C13H17ClN2OS/c14-10-3-4-11(13(15)18)12(7-10)16-5-6-17-8-9-1-2-9/h3-4,7,9,16H,1-2,5-6,8H2,(H2,15,18). The number of nitrogens with two attached hydrogens (primary N) is 1. The molecule has 1 fully saturated rings. The smallest absolute Gasteiger partial charge is 0.106 e. The van der Waals surface area contributed by atoms with Gasteiger partial charge in [0.2, 0.25) is 0 Å². The summed E-state index contributed by atoms with van der Waals surface area (Å²) in [6.45, 7) is 2.28. The van der Waals surface area contributed by atoms with Crippen molar-refractivity contribution < 1.29 is 4.74 Å². The van der Waals surface area contributed by atoms with Crippen molar-refractivity contribution in [1.29, 1.82) is 0 Å². The number of thiocarbonyl (C=S) groups is 1. The highest BCUT2D eigenvalue weighted by Gasteiger charge is 2.20. The molecule has 0 aliphatic heterocycles. The first-order valence-corrected chi connectivity index (χ1v) is 6.86. The monoisotopic (exact) mass is 284 g/mol. The van der Waals surface area contributed by atoms with Gasteiger partial charge in [-0.05, 0) is 37.0 Å². The SMILES string of the molecule is NC(=S)c1ccc(Cl)cc1NCCOCC1CC1. The van der Waals surface area contributed by atoms with E-state index in [0.29, 0.717) is 16.6 Å². The molecule has 0 unspecified atom stereocenters. The van der Waals surface area contributed by atoms with Crippen LogP contribution in [0.15, 0.2) is 18.2 Å². The van der Waals surface area contributed by atoms with E-state index >= 15 is 0 Å². The minimum Gasteiger partial charge on any atom is -0.389 e. The zero-order valence-corrected chi connectivity index (χ0v) is 11.7. The number of nitrogens with one attached hydrogen (secondary N) is 1. The lowest BCUT2D eigenvalue weighted by atomic mass is 10.2. The molecular weight excluding hydrogens is 268 g/mol. The maximum atomic E-state index is 5.96. The molecule has 1 saturated carbocycles. The van der Waals surface area contributed by atoms with Crippen LogP contribution in [-0.4, -0.2) is 24.7 Å². The molecule has 3 nitrogen and oxygen atoms in total. The lowest BCUT2D eigenvalue weighted by molar-refractivity contribution is 0.134. The molecule has 5 heteroatoms. The van der Waals surface area contributed by atoms with E-state index in [1.807, 2.05) is 12.1 Å². The Morgan fingerprint density at radius 1 is 1.50 bits per heavy atom. The second-order valence-electron chi connectivity index (χ2n) is 4.50. The van der Waals surface area contributed by atoms with Crippen LogP contribution in [0.2, 0.25) is 5.02 Å². The number of anilines is 1. The summed E-state index contributed by atoms with van der Waals surface area (Å²) in [5.41, 5.74) is 7.34. The molecule has 1 aromatic rings. The number of hydrogen-bond acceptors (Lipinski definition) is 3. The van der Waals surface area contributed by atoms with E-state index in [1.165, 1.54) is 12.8 Å². The predicted molar refractivity (Wildman–Crippen MR) is 79.4 cm³/mol. The van der Waals surface area contributed by atoms with Crippen molar-refractivity contribution >= 4 is 34.5 Å². The second kappa shape index (κ2) is 6.36. The van der Waals surface area contributed by atoms with E-state index in [1.54, 1.807) is 6.07 Å². The summed E-state index contributed by atoms with van der Waals surface area (Å²) >= 11 is 11.0. The largest absolute Gasteiger partial charge is 0.389 e. The molecule has 0 bridgehead atoms. The Bertz CT molecular complexity index is 435. The van der Waals surface area contributed by atoms with Crippen molar-refractivity contribution in [2.24, 2.45) is 11.7 Å². The van der Waals surface area contributed by atoms with Gasteiger partial charge < -0.3 is 15.8 Å². The molecule has 1 aliphatic carbocycles. The highest BCUT2D eigenvalue weighted by molar-refractivity contribution is 7.80. The van der Waals surface area contributed by atoms with E-state index in [9.17, 15) is 0 Å². The Hall–Kier alpha value is -0.840. The first-order chi connectivity index (χ1) is 8.66. The summed E-state index contributed by atoms with van der Waals surface area (Å²) in [6.07, 6.45) is 2.63. The van der Waals surface area contributed by atoms with Gasteiger partial charge >= 0.3 is 0 Å². The molecule has 0 amide bonds. The van der Waals surface area contributed by atoms with Crippen LogP contribution in [0.1, 0.15) is 18.4 Å². The van der Waals surface area contributed by atoms with Crippen LogP contribution in [0.3, 0.4) is 0 Å². The second-order valence-corrected chi connectivity index (χ2v) is 5.38. The van der Waals surface area contributed by atoms with E-state index in [0.717, 1.165) is 30.3 Å². The number of hydrogen-bond donors (Lipinski definition) is 2. The summed E-state index contributed by atoms with van der Waals surface area (Å²) in [4.78, 5) is 0.369. The third-order valence-electron chi connectivity index (χ3n) is 2.86. The van der Waals surface area contributed by atoms with Crippen LogP contribution in [0.4, 0.5) is 5.69 Å². The van der Waals surface area contributed by atoms with Gasteiger partial charge in [0.05, 0.1) is 6.61 Å². The molecule has 0 radical (unpaired) electrons. The Morgan fingerprint density at radius 2 is 2.28 bits per heavy atom. The third kappa shape index (κ3) is 4.12. The van der Waals surface area contributed by atoms with Crippen LogP contribution < -0.4 is 11.1 Å². The van der Waals surface area contributed by atoms with Crippen molar-refractivity contribution in [2.45, 2.75) is 12.8 Å². The van der Waals surface area contributed by atoms with Gasteiger partial charge in [-0.25, -0.2) is 0 Å². The number of rotatable bonds is 7. The number of benzene rings is 1. The molecule has 3 N–H and O–H groups in total. The summed E-state index contributed by atoms with van der Waals surface area (Å²) < 4.78 is 5.55. The van der Waals surface area contributed by atoms with Gasteiger partial charge in [-0.3, -0.25) is 0 Å². The fourth-order valence-corrected chi connectivity index (χ4v) is 2.02. The maximum absolute atomic E-state index is 5.96. The average molecular weight is 285 g/mol. The van der Waals surface area contributed by atoms with E-state index in [2.05, 4.69) is 5.32 Å². The molecule has 0 aromatic heterocycles. The molecular formula is C13H17ClN2OS. The fraction of sp³-hybridized carbons (Fsp3) is 0.462. The molecule has 1 aromatic carbocycles. The van der Waals surface area contributed by atoms with Gasteiger partial charge in [0.25, 0.3) is 0 Å². The lowest BCUT2D eigenvalue weighted by Crippen LogP contribution is -2.16. The Labute approximate surface area is 118 Å². The Balaban J connectivity index is 1.82.